The van der Waals surface area contributed by atoms with Crippen molar-refractivity contribution in [3.05, 3.63) is 74.4 Å². The molecule has 0 saturated heterocycles. The Morgan fingerprint density at radius 2 is 1.88 bits per heavy atom. The number of para-hydroxylation sites is 1. The molecule has 1 aliphatic carbocycles. The third-order valence-electron chi connectivity index (χ3n) is 6.04. The zero-order valence-electron chi connectivity index (χ0n) is 18.1. The molecule has 0 saturated carbocycles. The maximum atomic E-state index is 13.5. The minimum atomic E-state index is -0.531. The number of carbonyl (C=O) groups excluding carboxylic acids is 2. The number of nitrogens with zero attached hydrogens (tertiary/aromatic N) is 2. The number of ether oxygens (including phenoxy) is 1. The predicted molar refractivity (Wildman–Crippen MR) is 121 cm³/mol. The summed E-state index contributed by atoms with van der Waals surface area (Å²) in [5.74, 6) is -0.152. The van der Waals surface area contributed by atoms with Gasteiger partial charge < -0.3 is 4.74 Å². The molecule has 2 aliphatic rings. The molecule has 1 aliphatic heterocycles. The molecular formula is C24H23ClN2O5. The number of ketones is 1. The Hall–Kier alpha value is -3.19. The van der Waals surface area contributed by atoms with Crippen molar-refractivity contribution in [1.82, 2.24) is 0 Å². The van der Waals surface area contributed by atoms with Crippen molar-refractivity contribution in [2.75, 3.05) is 12.0 Å². The number of nitro benzene ring substituents is 1. The molecule has 1 heterocycles. The average molecular weight is 455 g/mol. The summed E-state index contributed by atoms with van der Waals surface area (Å²) in [6.07, 6.45) is 0.844. The van der Waals surface area contributed by atoms with Crippen LogP contribution in [0.3, 0.4) is 0 Å². The lowest BCUT2D eigenvalue weighted by atomic mass is 9.69. The SMILES string of the molecule is COc1ccccc1C1CC(=O)N(c2cc([N+](=O)[O-])ccc2Cl)C2=C1C(=O)CC(C)(C)C2. The zero-order valence-corrected chi connectivity index (χ0v) is 18.8. The Balaban J connectivity index is 1.95. The van der Waals surface area contributed by atoms with Gasteiger partial charge in [0, 0.05) is 47.7 Å². The predicted octanol–water partition coefficient (Wildman–Crippen LogP) is 5.42. The number of Topliss-reactive ketones (excluding diaryl/α,β-unsaturated/α-hetero) is 1. The third-order valence-corrected chi connectivity index (χ3v) is 6.36. The van der Waals surface area contributed by atoms with Gasteiger partial charge in [0.2, 0.25) is 5.91 Å². The molecule has 1 unspecified atom stereocenters. The summed E-state index contributed by atoms with van der Waals surface area (Å²) in [7, 11) is 1.56. The first-order valence-corrected chi connectivity index (χ1v) is 10.7. The van der Waals surface area contributed by atoms with Crippen LogP contribution >= 0.6 is 11.6 Å². The van der Waals surface area contributed by atoms with E-state index in [1.807, 2.05) is 32.0 Å². The van der Waals surface area contributed by atoms with E-state index in [-0.39, 0.29) is 39.9 Å². The van der Waals surface area contributed by atoms with Crippen LogP contribution in [0.1, 0.15) is 44.6 Å². The van der Waals surface area contributed by atoms with Gasteiger partial charge in [-0.05, 0) is 24.0 Å². The van der Waals surface area contributed by atoms with Gasteiger partial charge in [0.1, 0.15) is 5.75 Å². The lowest BCUT2D eigenvalue weighted by Crippen LogP contribution is -2.44. The topological polar surface area (TPSA) is 89.8 Å². The summed E-state index contributed by atoms with van der Waals surface area (Å²) in [5, 5.41) is 11.6. The molecule has 2 aromatic carbocycles. The highest BCUT2D eigenvalue weighted by Crippen LogP contribution is 2.50. The number of non-ortho nitro benzene ring substituents is 1. The molecule has 0 radical (unpaired) electrons. The third kappa shape index (κ3) is 3.77. The van der Waals surface area contributed by atoms with E-state index < -0.39 is 10.8 Å². The summed E-state index contributed by atoms with van der Waals surface area (Å²) in [5.41, 5.74) is 1.56. The van der Waals surface area contributed by atoms with Crippen molar-refractivity contribution >= 4 is 34.7 Å². The first kappa shape index (κ1) is 22.0. The highest BCUT2D eigenvalue weighted by Gasteiger charge is 2.45. The van der Waals surface area contributed by atoms with Gasteiger partial charge in [-0.3, -0.25) is 24.6 Å². The lowest BCUT2D eigenvalue weighted by molar-refractivity contribution is -0.384. The number of allylic oxidation sites excluding steroid dienone is 2. The molecule has 4 rings (SSSR count). The molecule has 0 fully saturated rings. The molecule has 8 heteroatoms. The second-order valence-corrected chi connectivity index (χ2v) is 9.33. The maximum absolute atomic E-state index is 13.5. The van der Waals surface area contributed by atoms with Gasteiger partial charge in [-0.15, -0.1) is 0 Å². The van der Waals surface area contributed by atoms with Crippen LogP contribution in [0.2, 0.25) is 5.02 Å². The average Bonchev–Trinajstić information content (AvgIpc) is 2.72. The zero-order chi connectivity index (χ0) is 23.2. The van der Waals surface area contributed by atoms with E-state index in [2.05, 4.69) is 0 Å². The number of hydrogen-bond donors (Lipinski definition) is 0. The van der Waals surface area contributed by atoms with E-state index in [0.717, 1.165) is 5.56 Å². The number of carbonyl (C=O) groups is 2. The molecule has 2 aromatic rings. The minimum Gasteiger partial charge on any atom is -0.496 e. The number of rotatable bonds is 4. The Morgan fingerprint density at radius 3 is 2.56 bits per heavy atom. The molecule has 166 valence electrons. The van der Waals surface area contributed by atoms with Crippen LogP contribution < -0.4 is 9.64 Å². The van der Waals surface area contributed by atoms with Crippen molar-refractivity contribution in [2.45, 2.75) is 39.0 Å². The summed E-state index contributed by atoms with van der Waals surface area (Å²) >= 11 is 6.40. The van der Waals surface area contributed by atoms with E-state index in [0.29, 0.717) is 29.9 Å². The number of methoxy groups -OCH3 is 1. The first-order chi connectivity index (χ1) is 15.1. The molecule has 1 atom stereocenters. The fraction of sp³-hybridized carbons (Fsp3) is 0.333. The number of nitro groups is 1. The Bertz CT molecular complexity index is 1170. The van der Waals surface area contributed by atoms with Gasteiger partial charge in [0.05, 0.1) is 22.7 Å². The number of amides is 1. The Kier molecular flexibility index (Phi) is 5.54. The fourth-order valence-electron chi connectivity index (χ4n) is 4.70. The molecule has 32 heavy (non-hydrogen) atoms. The number of anilines is 1. The maximum Gasteiger partial charge on any atom is 0.271 e. The van der Waals surface area contributed by atoms with Crippen LogP contribution in [0.4, 0.5) is 11.4 Å². The normalized spacial score (nSPS) is 20.2. The largest absolute Gasteiger partial charge is 0.496 e. The quantitative estimate of drug-likeness (QED) is 0.454. The summed E-state index contributed by atoms with van der Waals surface area (Å²) in [6, 6.07) is 11.4. The van der Waals surface area contributed by atoms with Crippen LogP contribution in [0.15, 0.2) is 53.7 Å². The number of halogens is 1. The van der Waals surface area contributed by atoms with E-state index in [1.54, 1.807) is 13.2 Å². The van der Waals surface area contributed by atoms with Crippen molar-refractivity contribution in [3.8, 4) is 5.75 Å². The summed E-state index contributed by atoms with van der Waals surface area (Å²) in [4.78, 5) is 39.1. The molecule has 7 nitrogen and oxygen atoms in total. The van der Waals surface area contributed by atoms with Crippen molar-refractivity contribution in [1.29, 1.82) is 0 Å². The van der Waals surface area contributed by atoms with Gasteiger partial charge in [-0.25, -0.2) is 0 Å². The molecule has 0 N–H and O–H groups in total. The smallest absolute Gasteiger partial charge is 0.271 e. The van der Waals surface area contributed by atoms with Gasteiger partial charge in [0.25, 0.3) is 5.69 Å². The lowest BCUT2D eigenvalue weighted by Gasteiger charge is -2.43. The second-order valence-electron chi connectivity index (χ2n) is 8.92. The first-order valence-electron chi connectivity index (χ1n) is 10.3. The summed E-state index contributed by atoms with van der Waals surface area (Å²) in [6.45, 7) is 3.94. The van der Waals surface area contributed by atoms with Crippen molar-refractivity contribution in [3.63, 3.8) is 0 Å². The second kappa shape index (κ2) is 8.06. The molecular weight excluding hydrogens is 432 g/mol. The van der Waals surface area contributed by atoms with Crippen LogP contribution in [0.25, 0.3) is 0 Å². The summed E-state index contributed by atoms with van der Waals surface area (Å²) < 4.78 is 5.51. The molecule has 0 spiro atoms. The van der Waals surface area contributed by atoms with E-state index in [1.165, 1.54) is 23.1 Å². The standard InChI is InChI=1S/C24H23ClN2O5/c1-24(2)12-19-23(20(28)13-24)16(15-6-4-5-7-21(15)32-3)11-22(29)26(19)18-10-14(27(30)31)8-9-17(18)25/h4-10,16H,11-13H2,1-3H3. The highest BCUT2D eigenvalue weighted by molar-refractivity contribution is 6.34. The van der Waals surface area contributed by atoms with Crippen LogP contribution in [-0.4, -0.2) is 23.7 Å². The van der Waals surface area contributed by atoms with Crippen LogP contribution in [-0.2, 0) is 9.59 Å². The van der Waals surface area contributed by atoms with E-state index in [9.17, 15) is 19.7 Å². The molecule has 0 aromatic heterocycles. The monoisotopic (exact) mass is 454 g/mol. The number of hydrogen-bond acceptors (Lipinski definition) is 5. The molecule has 0 bridgehead atoms. The minimum absolute atomic E-state index is 0.0321. The van der Waals surface area contributed by atoms with Gasteiger partial charge in [-0.1, -0.05) is 43.6 Å². The Labute approximate surface area is 190 Å². The van der Waals surface area contributed by atoms with Gasteiger partial charge >= 0.3 is 0 Å². The van der Waals surface area contributed by atoms with E-state index in [4.69, 9.17) is 16.3 Å². The van der Waals surface area contributed by atoms with Gasteiger partial charge in [0.15, 0.2) is 5.78 Å². The van der Waals surface area contributed by atoms with Crippen LogP contribution in [0.5, 0.6) is 5.75 Å². The van der Waals surface area contributed by atoms with Crippen molar-refractivity contribution in [2.24, 2.45) is 5.41 Å². The van der Waals surface area contributed by atoms with Crippen LogP contribution in [0, 0.1) is 15.5 Å². The van der Waals surface area contributed by atoms with Gasteiger partial charge in [-0.2, -0.15) is 0 Å². The number of benzene rings is 2. The Morgan fingerprint density at radius 1 is 1.16 bits per heavy atom. The van der Waals surface area contributed by atoms with Crippen molar-refractivity contribution < 1.29 is 19.2 Å². The highest BCUT2D eigenvalue weighted by atomic mass is 35.5. The molecule has 1 amide bonds. The van der Waals surface area contributed by atoms with E-state index >= 15 is 0 Å². The fourth-order valence-corrected chi connectivity index (χ4v) is 4.90.